The predicted molar refractivity (Wildman–Crippen MR) is 124 cm³/mol. The van der Waals surface area contributed by atoms with E-state index in [-0.39, 0.29) is 29.6 Å². The zero-order valence-electron chi connectivity index (χ0n) is 19.6. The largest absolute Gasteiger partial charge is 0.435 e. The van der Waals surface area contributed by atoms with Crippen molar-refractivity contribution in [3.63, 3.8) is 0 Å². The molecule has 3 aromatic rings. The number of hydroxylamine groups is 1. The maximum absolute atomic E-state index is 14.1. The fraction of sp³-hybridized carbons (Fsp3) is 0.375. The Balaban J connectivity index is 1.19. The minimum atomic E-state index is -4.56. The van der Waals surface area contributed by atoms with Gasteiger partial charge in [-0.15, -0.1) is 11.3 Å². The fourth-order valence-corrected chi connectivity index (χ4v) is 5.41. The fourth-order valence-electron chi connectivity index (χ4n) is 4.42. The molecule has 13 heteroatoms. The van der Waals surface area contributed by atoms with Crippen LogP contribution in [0.15, 0.2) is 35.7 Å². The number of amides is 1. The summed E-state index contributed by atoms with van der Waals surface area (Å²) in [5, 5.41) is 6.22. The van der Waals surface area contributed by atoms with Gasteiger partial charge in [0.2, 0.25) is 5.91 Å². The zero-order chi connectivity index (χ0) is 26.3. The molecule has 0 unspecified atom stereocenters. The lowest BCUT2D eigenvalue weighted by molar-refractivity contribution is -0.142. The second kappa shape index (κ2) is 9.86. The van der Waals surface area contributed by atoms with E-state index in [2.05, 4.69) is 15.6 Å². The zero-order valence-corrected chi connectivity index (χ0v) is 20.4. The molecule has 0 bridgehead atoms. The third-order valence-corrected chi connectivity index (χ3v) is 7.46. The third-order valence-electron chi connectivity index (χ3n) is 6.45. The summed E-state index contributed by atoms with van der Waals surface area (Å²) in [5.41, 5.74) is 2.86. The van der Waals surface area contributed by atoms with Gasteiger partial charge in [-0.2, -0.15) is 18.3 Å². The Morgan fingerprint density at radius 2 is 1.92 bits per heavy atom. The van der Waals surface area contributed by atoms with E-state index in [4.69, 9.17) is 4.84 Å². The minimum absolute atomic E-state index is 0.105. The predicted octanol–water partition coefficient (Wildman–Crippen LogP) is 4.97. The first-order chi connectivity index (χ1) is 17.6. The average molecular weight is 540 g/mol. The number of rotatable bonds is 5. The molecule has 4 heterocycles. The van der Waals surface area contributed by atoms with Crippen LogP contribution in [0.5, 0.6) is 0 Å². The maximum atomic E-state index is 14.1. The molecule has 0 spiro atoms. The van der Waals surface area contributed by atoms with Crippen LogP contribution in [0.3, 0.4) is 0 Å². The molecule has 196 valence electrons. The normalized spacial score (nSPS) is 18.7. The third kappa shape index (κ3) is 5.23. The van der Waals surface area contributed by atoms with Crippen LogP contribution in [-0.2, 0) is 22.4 Å². The topological polar surface area (TPSA) is 72.3 Å². The first-order valence-corrected chi connectivity index (χ1v) is 12.4. The van der Waals surface area contributed by atoms with Crippen LogP contribution < -0.4 is 5.48 Å². The lowest BCUT2D eigenvalue weighted by Crippen LogP contribution is -2.40. The Morgan fingerprint density at radius 1 is 1.22 bits per heavy atom. The number of carbonyl (C=O) groups is 1. The number of hydrogen-bond donors (Lipinski definition) is 1. The van der Waals surface area contributed by atoms with Crippen molar-refractivity contribution >= 4 is 22.9 Å². The number of carbonyl (C=O) groups excluding carboxylic acids is 1. The van der Waals surface area contributed by atoms with Gasteiger partial charge in [0.05, 0.1) is 22.0 Å². The number of nitrogens with zero attached hydrogens (tertiary/aromatic N) is 4. The van der Waals surface area contributed by atoms with E-state index in [9.17, 15) is 26.7 Å². The number of benzene rings is 1. The summed E-state index contributed by atoms with van der Waals surface area (Å²) in [7, 11) is 0. The number of hydrogen-bond acceptors (Lipinski definition) is 6. The molecule has 0 radical (unpaired) electrons. The Morgan fingerprint density at radius 3 is 2.57 bits per heavy atom. The molecule has 37 heavy (non-hydrogen) atoms. The van der Waals surface area contributed by atoms with E-state index >= 15 is 0 Å². The Labute approximate surface area is 212 Å². The van der Waals surface area contributed by atoms with E-state index in [1.807, 2.05) is 5.38 Å². The molecule has 1 fully saturated rings. The summed E-state index contributed by atoms with van der Waals surface area (Å²) in [6.07, 6.45) is -2.62. The van der Waals surface area contributed by atoms with Crippen molar-refractivity contribution < 1.29 is 31.6 Å². The highest BCUT2D eigenvalue weighted by Gasteiger charge is 2.35. The smallest absolute Gasteiger partial charge is 0.341 e. The second-order valence-electron chi connectivity index (χ2n) is 8.91. The van der Waals surface area contributed by atoms with Crippen LogP contribution >= 0.6 is 11.3 Å². The highest BCUT2D eigenvalue weighted by atomic mass is 32.1. The average Bonchev–Trinajstić information content (AvgIpc) is 3.59. The van der Waals surface area contributed by atoms with Gasteiger partial charge in [-0.05, 0) is 44.0 Å². The van der Waals surface area contributed by atoms with Gasteiger partial charge in [0.1, 0.15) is 24.3 Å². The Bertz CT molecular complexity index is 1320. The van der Waals surface area contributed by atoms with Gasteiger partial charge in [0.15, 0.2) is 5.69 Å². The quantitative estimate of drug-likeness (QED) is 0.464. The standard InChI is InChI=1S/C24H22F5N5O2S/c1-13-9-20(24(27,28)29)31-34(13)11-21(35)33-7-5-14(6-8-33)23-30-18(12-37-23)17-10-19(36-32-17)22-15(25)3-2-4-16(22)26/h2-4,9-10,12,14,19,32H,5-8,11H2,1H3/t19-/m0/s1. The van der Waals surface area contributed by atoms with E-state index < -0.39 is 29.6 Å². The van der Waals surface area contributed by atoms with Crippen molar-refractivity contribution in [1.29, 1.82) is 0 Å². The molecule has 1 atom stereocenters. The molecule has 1 saturated heterocycles. The molecule has 2 aromatic heterocycles. The molecule has 0 aliphatic carbocycles. The van der Waals surface area contributed by atoms with Crippen molar-refractivity contribution in [1.82, 2.24) is 25.1 Å². The van der Waals surface area contributed by atoms with Crippen LogP contribution in [-0.4, -0.2) is 38.7 Å². The number of piperidine rings is 1. The summed E-state index contributed by atoms with van der Waals surface area (Å²) in [6, 6.07) is 4.55. The highest BCUT2D eigenvalue weighted by Crippen LogP contribution is 2.35. The van der Waals surface area contributed by atoms with Gasteiger partial charge in [0, 0.05) is 30.1 Å². The van der Waals surface area contributed by atoms with Crippen LogP contribution in [0.25, 0.3) is 5.70 Å². The van der Waals surface area contributed by atoms with Gasteiger partial charge in [-0.3, -0.25) is 19.8 Å². The summed E-state index contributed by atoms with van der Waals surface area (Å²) >= 11 is 1.45. The number of aromatic nitrogens is 3. The molecular weight excluding hydrogens is 517 g/mol. The van der Waals surface area contributed by atoms with Gasteiger partial charge in [-0.1, -0.05) is 6.07 Å². The van der Waals surface area contributed by atoms with E-state index in [1.54, 1.807) is 11.0 Å². The molecule has 0 saturated carbocycles. The second-order valence-corrected chi connectivity index (χ2v) is 9.80. The van der Waals surface area contributed by atoms with Crippen LogP contribution in [0.4, 0.5) is 22.0 Å². The van der Waals surface area contributed by atoms with Gasteiger partial charge >= 0.3 is 6.18 Å². The van der Waals surface area contributed by atoms with Crippen LogP contribution in [0.1, 0.15) is 52.5 Å². The molecule has 2 aliphatic rings. The monoisotopic (exact) mass is 539 g/mol. The van der Waals surface area contributed by atoms with Crippen molar-refractivity contribution in [2.75, 3.05) is 13.1 Å². The maximum Gasteiger partial charge on any atom is 0.435 e. The molecule has 2 aliphatic heterocycles. The number of thiazole rings is 1. The molecule has 1 N–H and O–H groups in total. The number of likely N-dealkylation sites (tertiary alicyclic amines) is 1. The van der Waals surface area contributed by atoms with Crippen molar-refractivity contribution in [2.45, 2.75) is 44.5 Å². The van der Waals surface area contributed by atoms with E-state index in [1.165, 1.54) is 36.5 Å². The number of alkyl halides is 3. The molecular formula is C24H22F5N5O2S. The molecule has 1 aromatic carbocycles. The SMILES string of the molecule is Cc1cc(C(F)(F)F)nn1CC(=O)N1CCC(c2nc(C3=C[C@@H](c4c(F)cccc4F)ON3)cs2)CC1. The minimum Gasteiger partial charge on any atom is -0.341 e. The summed E-state index contributed by atoms with van der Waals surface area (Å²) in [4.78, 5) is 24.3. The van der Waals surface area contributed by atoms with Crippen molar-refractivity contribution in [3.8, 4) is 0 Å². The number of nitrogens with one attached hydrogen (secondary N) is 1. The number of aryl methyl sites for hydroxylation is 1. The Kier molecular flexibility index (Phi) is 6.75. The molecule has 1 amide bonds. The lowest BCUT2D eigenvalue weighted by Gasteiger charge is -2.31. The summed E-state index contributed by atoms with van der Waals surface area (Å²) < 4.78 is 67.9. The van der Waals surface area contributed by atoms with Gasteiger partial charge in [-0.25, -0.2) is 13.8 Å². The van der Waals surface area contributed by atoms with Crippen molar-refractivity contribution in [3.05, 3.63) is 75.0 Å². The van der Waals surface area contributed by atoms with E-state index in [0.29, 0.717) is 37.3 Å². The van der Waals surface area contributed by atoms with Crippen LogP contribution in [0, 0.1) is 18.6 Å². The summed E-state index contributed by atoms with van der Waals surface area (Å²) in [6.45, 7) is 2.13. The van der Waals surface area contributed by atoms with Gasteiger partial charge in [0.25, 0.3) is 0 Å². The summed E-state index contributed by atoms with van der Waals surface area (Å²) in [5.74, 6) is -1.59. The first kappa shape index (κ1) is 25.3. The number of halogens is 5. The van der Waals surface area contributed by atoms with Gasteiger partial charge < -0.3 is 4.90 Å². The molecule has 7 nitrogen and oxygen atoms in total. The first-order valence-electron chi connectivity index (χ1n) is 11.5. The van der Waals surface area contributed by atoms with Crippen LogP contribution in [0.2, 0.25) is 0 Å². The highest BCUT2D eigenvalue weighted by molar-refractivity contribution is 7.09. The Hall–Kier alpha value is -3.32. The molecule has 5 rings (SSSR count). The lowest BCUT2D eigenvalue weighted by atomic mass is 9.97. The van der Waals surface area contributed by atoms with Crippen molar-refractivity contribution in [2.24, 2.45) is 0 Å². The van der Waals surface area contributed by atoms with E-state index in [0.717, 1.165) is 15.8 Å².